The van der Waals surface area contributed by atoms with Crippen molar-refractivity contribution >= 4 is 52.2 Å². The molecule has 1 N–H and O–H groups in total. The molecular formula is C26H24IN3O5. The first-order valence-corrected chi connectivity index (χ1v) is 12.6. The monoisotopic (exact) mass is 585 g/mol. The molecule has 180 valence electrons. The maximum Gasteiger partial charge on any atom is 0.262 e. The van der Waals surface area contributed by atoms with Crippen molar-refractivity contribution in [2.75, 3.05) is 18.5 Å². The van der Waals surface area contributed by atoms with Crippen LogP contribution >= 0.6 is 22.6 Å². The zero-order chi connectivity index (χ0) is 24.5. The van der Waals surface area contributed by atoms with E-state index in [1.807, 2.05) is 25.1 Å². The molecule has 2 aliphatic carbocycles. The Morgan fingerprint density at radius 1 is 1.11 bits per heavy atom. The van der Waals surface area contributed by atoms with E-state index in [0.717, 1.165) is 11.4 Å². The first-order valence-electron chi connectivity index (χ1n) is 11.5. The zero-order valence-corrected chi connectivity index (χ0v) is 21.2. The highest BCUT2D eigenvalue weighted by atomic mass is 127. The average Bonchev–Trinajstić information content (AvgIpc) is 3.52. The van der Waals surface area contributed by atoms with Crippen LogP contribution in [0.25, 0.3) is 0 Å². The maximum absolute atomic E-state index is 12.9. The Kier molecular flexibility index (Phi) is 6.59. The van der Waals surface area contributed by atoms with Gasteiger partial charge in [0.15, 0.2) is 18.1 Å². The van der Waals surface area contributed by atoms with Gasteiger partial charge in [-0.05, 0) is 77.6 Å². The van der Waals surface area contributed by atoms with Gasteiger partial charge in [-0.1, -0.05) is 30.4 Å². The molecule has 2 bridgehead atoms. The van der Waals surface area contributed by atoms with Crippen molar-refractivity contribution in [3.05, 3.63) is 63.8 Å². The molecule has 3 amide bonds. The Morgan fingerprint density at radius 2 is 1.80 bits per heavy atom. The van der Waals surface area contributed by atoms with Crippen LogP contribution in [0, 0.1) is 27.2 Å². The van der Waals surface area contributed by atoms with Gasteiger partial charge in [-0.25, -0.2) is 0 Å². The highest BCUT2D eigenvalue weighted by Gasteiger charge is 2.59. The molecule has 1 heterocycles. The van der Waals surface area contributed by atoms with Crippen LogP contribution in [0.15, 0.2) is 59.7 Å². The van der Waals surface area contributed by atoms with E-state index in [-0.39, 0.29) is 48.0 Å². The summed E-state index contributed by atoms with van der Waals surface area (Å²) in [5, 5.41) is 8.05. The third kappa shape index (κ3) is 4.56. The zero-order valence-electron chi connectivity index (χ0n) is 19.0. The van der Waals surface area contributed by atoms with E-state index in [9.17, 15) is 14.4 Å². The van der Waals surface area contributed by atoms with E-state index in [4.69, 9.17) is 9.47 Å². The van der Waals surface area contributed by atoms with Crippen molar-refractivity contribution in [2.24, 2.45) is 28.8 Å². The Morgan fingerprint density at radius 3 is 2.46 bits per heavy atom. The van der Waals surface area contributed by atoms with Crippen LogP contribution in [0.5, 0.6) is 11.5 Å². The lowest BCUT2D eigenvalue weighted by molar-refractivity contribution is -0.140. The first kappa shape index (κ1) is 23.5. The Labute approximate surface area is 216 Å². The molecule has 4 atom stereocenters. The Bertz CT molecular complexity index is 1200. The smallest absolute Gasteiger partial charge is 0.262 e. The number of imide groups is 1. The normalized spacial score (nSPS) is 24.3. The fourth-order valence-electron chi connectivity index (χ4n) is 5.05. The van der Waals surface area contributed by atoms with Crippen LogP contribution in [0.4, 0.5) is 5.69 Å². The third-order valence-corrected chi connectivity index (χ3v) is 7.31. The van der Waals surface area contributed by atoms with Gasteiger partial charge < -0.3 is 14.8 Å². The van der Waals surface area contributed by atoms with Crippen molar-refractivity contribution < 1.29 is 23.9 Å². The van der Waals surface area contributed by atoms with E-state index in [0.29, 0.717) is 32.9 Å². The van der Waals surface area contributed by atoms with Gasteiger partial charge in [0.05, 0.1) is 28.2 Å². The minimum atomic E-state index is -0.292. The molecule has 1 saturated carbocycles. The second kappa shape index (κ2) is 9.80. The lowest BCUT2D eigenvalue weighted by Crippen LogP contribution is -2.28. The third-order valence-electron chi connectivity index (χ3n) is 6.51. The molecule has 0 spiro atoms. The Hall–Kier alpha value is -3.21. The molecule has 1 aliphatic heterocycles. The summed E-state index contributed by atoms with van der Waals surface area (Å²) in [6, 6.07) is 12.7. The summed E-state index contributed by atoms with van der Waals surface area (Å²) < 4.78 is 12.2. The van der Waals surface area contributed by atoms with Gasteiger partial charge >= 0.3 is 0 Å². The standard InChI is InChI=1S/C26H24IN3O5/c1-2-34-20-11-15(10-19(27)24(20)35-14-21(31)29-18-6-4-3-5-7-18)13-28-30-25(32)22-16-8-9-17(12-16)23(22)26(30)33/h3-11,13,16-17,22-23H,2,12,14H2,1H3,(H,29,31)/t16-,17-,22-,23+/m0/s1. The number of anilines is 1. The SMILES string of the molecule is CCOc1cc(C=NN2C(=O)[C@@H]3[C@H](C2=O)[C@H]2C=C[C@H]3C2)cc(I)c1OCC(=O)Nc1ccccc1. The molecule has 2 aromatic rings. The van der Waals surface area contributed by atoms with Crippen LogP contribution in [0.1, 0.15) is 18.9 Å². The lowest BCUT2D eigenvalue weighted by atomic mass is 9.85. The van der Waals surface area contributed by atoms with Crippen LogP contribution in [0.2, 0.25) is 0 Å². The second-order valence-electron chi connectivity index (χ2n) is 8.70. The molecule has 5 rings (SSSR count). The number of para-hydroxylation sites is 1. The minimum absolute atomic E-state index is 0.141. The number of nitrogens with one attached hydrogen (secondary N) is 1. The molecule has 9 heteroatoms. The Balaban J connectivity index is 1.29. The summed E-state index contributed by atoms with van der Waals surface area (Å²) >= 11 is 2.10. The number of carbonyl (C=O) groups excluding carboxylic acids is 3. The number of benzene rings is 2. The number of hydrogen-bond donors (Lipinski definition) is 1. The molecule has 0 radical (unpaired) electrons. The highest BCUT2D eigenvalue weighted by molar-refractivity contribution is 14.1. The number of fused-ring (bicyclic) bond motifs is 5. The summed E-state index contributed by atoms with van der Waals surface area (Å²) in [4.78, 5) is 38.0. The van der Waals surface area contributed by atoms with Gasteiger partial charge in [0, 0.05) is 5.69 Å². The van der Waals surface area contributed by atoms with Crippen molar-refractivity contribution in [1.82, 2.24) is 5.01 Å². The van der Waals surface area contributed by atoms with E-state index in [1.54, 1.807) is 24.3 Å². The van der Waals surface area contributed by atoms with E-state index >= 15 is 0 Å². The molecule has 35 heavy (non-hydrogen) atoms. The summed E-state index contributed by atoms with van der Waals surface area (Å²) in [5.74, 6) is -0.136. The topological polar surface area (TPSA) is 97.3 Å². The van der Waals surface area contributed by atoms with Crippen molar-refractivity contribution in [3.8, 4) is 11.5 Å². The average molecular weight is 585 g/mol. The highest BCUT2D eigenvalue weighted by Crippen LogP contribution is 2.52. The number of amides is 3. The number of allylic oxidation sites excluding steroid dienone is 2. The van der Waals surface area contributed by atoms with Crippen LogP contribution in [-0.4, -0.2) is 42.2 Å². The fraction of sp³-hybridized carbons (Fsp3) is 0.308. The minimum Gasteiger partial charge on any atom is -0.490 e. The summed E-state index contributed by atoms with van der Waals surface area (Å²) in [6.45, 7) is 2.06. The predicted octanol–water partition coefficient (Wildman–Crippen LogP) is 3.85. The predicted molar refractivity (Wildman–Crippen MR) is 138 cm³/mol. The molecule has 2 aromatic carbocycles. The quantitative estimate of drug-likeness (QED) is 0.220. The summed E-state index contributed by atoms with van der Waals surface area (Å²) in [7, 11) is 0. The number of carbonyl (C=O) groups is 3. The number of ether oxygens (including phenoxy) is 2. The van der Waals surface area contributed by atoms with Crippen LogP contribution in [-0.2, 0) is 14.4 Å². The van der Waals surface area contributed by atoms with Crippen molar-refractivity contribution in [3.63, 3.8) is 0 Å². The van der Waals surface area contributed by atoms with E-state index in [2.05, 4.69) is 45.2 Å². The number of rotatable bonds is 8. The van der Waals surface area contributed by atoms with E-state index < -0.39 is 0 Å². The fourth-order valence-corrected chi connectivity index (χ4v) is 5.83. The van der Waals surface area contributed by atoms with Crippen LogP contribution in [0.3, 0.4) is 0 Å². The van der Waals surface area contributed by atoms with Crippen LogP contribution < -0.4 is 14.8 Å². The number of nitrogens with zero attached hydrogens (tertiary/aromatic N) is 2. The van der Waals surface area contributed by atoms with Crippen molar-refractivity contribution in [1.29, 1.82) is 0 Å². The number of hydrazone groups is 1. The second-order valence-corrected chi connectivity index (χ2v) is 9.86. The first-order chi connectivity index (χ1) is 17.0. The lowest BCUT2D eigenvalue weighted by Gasteiger charge is -2.15. The van der Waals surface area contributed by atoms with Gasteiger partial charge in [0.1, 0.15) is 0 Å². The largest absolute Gasteiger partial charge is 0.490 e. The van der Waals surface area contributed by atoms with E-state index in [1.165, 1.54) is 6.21 Å². The van der Waals surface area contributed by atoms with Gasteiger partial charge in [-0.2, -0.15) is 10.1 Å². The summed E-state index contributed by atoms with van der Waals surface area (Å²) in [6.07, 6.45) is 6.48. The molecule has 3 aliphatic rings. The van der Waals surface area contributed by atoms with Gasteiger partial charge in [-0.15, -0.1) is 0 Å². The molecule has 8 nitrogen and oxygen atoms in total. The molecular weight excluding hydrogens is 561 g/mol. The molecule has 0 unspecified atom stereocenters. The van der Waals surface area contributed by atoms with Gasteiger partial charge in [0.25, 0.3) is 17.7 Å². The molecule has 2 fully saturated rings. The molecule has 0 aromatic heterocycles. The van der Waals surface area contributed by atoms with Crippen molar-refractivity contribution in [2.45, 2.75) is 13.3 Å². The number of halogens is 1. The van der Waals surface area contributed by atoms with Gasteiger partial charge in [-0.3, -0.25) is 14.4 Å². The summed E-state index contributed by atoms with van der Waals surface area (Å²) in [5.41, 5.74) is 1.34. The molecule has 1 saturated heterocycles. The van der Waals surface area contributed by atoms with Gasteiger partial charge in [0.2, 0.25) is 0 Å². The number of hydrogen-bond acceptors (Lipinski definition) is 6. The maximum atomic E-state index is 12.9.